The molecular formula is C19H26ClN3O2. The van der Waals surface area contributed by atoms with Crippen molar-refractivity contribution in [3.8, 4) is 11.4 Å². The van der Waals surface area contributed by atoms with Gasteiger partial charge in [-0.15, -0.1) is 0 Å². The molecule has 1 amide bonds. The molecule has 0 saturated heterocycles. The number of nitrogens with zero attached hydrogens (tertiary/aromatic N) is 3. The molecule has 0 radical (unpaired) electrons. The van der Waals surface area contributed by atoms with Crippen LogP contribution >= 0.6 is 11.6 Å². The second kappa shape index (κ2) is 8.99. The predicted octanol–water partition coefficient (Wildman–Crippen LogP) is 4.46. The summed E-state index contributed by atoms with van der Waals surface area (Å²) in [5.74, 6) is 2.03. The van der Waals surface area contributed by atoms with E-state index in [1.807, 2.05) is 17.0 Å². The number of hydrogen-bond acceptors (Lipinski definition) is 4. The SMILES string of the molecule is CC(C)CC(=O)N(CCc1nc(-c2ccc(Cl)cc2)no1)CC(C)C. The average molecular weight is 364 g/mol. The van der Waals surface area contributed by atoms with Crippen LogP contribution < -0.4 is 0 Å². The van der Waals surface area contributed by atoms with Crippen molar-refractivity contribution in [2.24, 2.45) is 11.8 Å². The molecule has 1 heterocycles. The van der Waals surface area contributed by atoms with Crippen LogP contribution in [0.1, 0.15) is 40.0 Å². The highest BCUT2D eigenvalue weighted by atomic mass is 35.5. The van der Waals surface area contributed by atoms with Crippen molar-refractivity contribution in [1.82, 2.24) is 15.0 Å². The molecule has 25 heavy (non-hydrogen) atoms. The highest BCUT2D eigenvalue weighted by Crippen LogP contribution is 2.19. The van der Waals surface area contributed by atoms with Crippen LogP contribution in [-0.4, -0.2) is 34.0 Å². The van der Waals surface area contributed by atoms with Crippen molar-refractivity contribution < 1.29 is 9.32 Å². The smallest absolute Gasteiger partial charge is 0.228 e. The van der Waals surface area contributed by atoms with Gasteiger partial charge in [-0.3, -0.25) is 4.79 Å². The Morgan fingerprint density at radius 3 is 2.44 bits per heavy atom. The summed E-state index contributed by atoms with van der Waals surface area (Å²) >= 11 is 5.89. The Hall–Kier alpha value is -1.88. The van der Waals surface area contributed by atoms with E-state index in [1.54, 1.807) is 12.1 Å². The second-order valence-corrected chi connectivity index (χ2v) is 7.54. The first-order valence-electron chi connectivity index (χ1n) is 8.71. The minimum atomic E-state index is 0.182. The van der Waals surface area contributed by atoms with Gasteiger partial charge in [0.25, 0.3) is 0 Å². The Labute approximate surface area is 154 Å². The van der Waals surface area contributed by atoms with Crippen LogP contribution in [0.3, 0.4) is 0 Å². The van der Waals surface area contributed by atoms with Gasteiger partial charge in [0.1, 0.15) is 0 Å². The fourth-order valence-corrected chi connectivity index (χ4v) is 2.67. The third-order valence-corrected chi connectivity index (χ3v) is 3.94. The topological polar surface area (TPSA) is 59.2 Å². The molecule has 0 aliphatic heterocycles. The Morgan fingerprint density at radius 1 is 1.16 bits per heavy atom. The van der Waals surface area contributed by atoms with Crippen LogP contribution in [0.25, 0.3) is 11.4 Å². The molecule has 0 spiro atoms. The van der Waals surface area contributed by atoms with Gasteiger partial charge in [-0.1, -0.05) is 44.5 Å². The molecule has 0 unspecified atom stereocenters. The fraction of sp³-hybridized carbons (Fsp3) is 0.526. The molecule has 0 aliphatic rings. The number of amides is 1. The summed E-state index contributed by atoms with van der Waals surface area (Å²) in [5, 5.41) is 4.68. The maximum absolute atomic E-state index is 12.4. The quantitative estimate of drug-likeness (QED) is 0.694. The lowest BCUT2D eigenvalue weighted by Crippen LogP contribution is -2.36. The lowest BCUT2D eigenvalue weighted by molar-refractivity contribution is -0.132. The standard InChI is InChI=1S/C19H26ClN3O2/c1-13(2)11-18(24)23(12-14(3)4)10-9-17-21-19(22-25-17)15-5-7-16(20)8-6-15/h5-8,13-14H,9-12H2,1-4H3. The number of aromatic nitrogens is 2. The monoisotopic (exact) mass is 363 g/mol. The molecule has 136 valence electrons. The fourth-order valence-electron chi connectivity index (χ4n) is 2.54. The summed E-state index contributed by atoms with van der Waals surface area (Å²) in [6.07, 6.45) is 1.11. The minimum absolute atomic E-state index is 0.182. The van der Waals surface area contributed by atoms with E-state index in [0.717, 1.165) is 12.1 Å². The van der Waals surface area contributed by atoms with Gasteiger partial charge in [0.15, 0.2) is 0 Å². The van der Waals surface area contributed by atoms with E-state index in [-0.39, 0.29) is 5.91 Å². The van der Waals surface area contributed by atoms with Gasteiger partial charge in [-0.25, -0.2) is 0 Å². The molecule has 0 saturated carbocycles. The maximum Gasteiger partial charge on any atom is 0.228 e. The van der Waals surface area contributed by atoms with Crippen molar-refractivity contribution >= 4 is 17.5 Å². The zero-order chi connectivity index (χ0) is 18.4. The van der Waals surface area contributed by atoms with E-state index < -0.39 is 0 Å². The lowest BCUT2D eigenvalue weighted by atomic mass is 10.1. The number of hydrogen-bond donors (Lipinski definition) is 0. The summed E-state index contributed by atoms with van der Waals surface area (Å²) in [6.45, 7) is 9.67. The Morgan fingerprint density at radius 2 is 1.84 bits per heavy atom. The zero-order valence-corrected chi connectivity index (χ0v) is 16.1. The molecule has 0 N–H and O–H groups in total. The second-order valence-electron chi connectivity index (χ2n) is 7.10. The number of carbonyl (C=O) groups excluding carboxylic acids is 1. The molecule has 6 heteroatoms. The Balaban J connectivity index is 2.00. The molecule has 2 aromatic rings. The minimum Gasteiger partial charge on any atom is -0.342 e. The molecular weight excluding hydrogens is 338 g/mol. The third kappa shape index (κ3) is 6.16. The van der Waals surface area contributed by atoms with Crippen molar-refractivity contribution in [1.29, 1.82) is 0 Å². The summed E-state index contributed by atoms with van der Waals surface area (Å²) in [4.78, 5) is 18.7. The van der Waals surface area contributed by atoms with Gasteiger partial charge in [0.05, 0.1) is 0 Å². The molecule has 1 aromatic carbocycles. The number of rotatable bonds is 8. The zero-order valence-electron chi connectivity index (χ0n) is 15.3. The predicted molar refractivity (Wildman–Crippen MR) is 99.3 cm³/mol. The van der Waals surface area contributed by atoms with Gasteiger partial charge in [-0.05, 0) is 36.1 Å². The van der Waals surface area contributed by atoms with E-state index in [2.05, 4.69) is 37.8 Å². The normalized spacial score (nSPS) is 11.3. The van der Waals surface area contributed by atoms with E-state index >= 15 is 0 Å². The maximum atomic E-state index is 12.4. The molecule has 0 bridgehead atoms. The van der Waals surface area contributed by atoms with Gasteiger partial charge < -0.3 is 9.42 Å². The van der Waals surface area contributed by atoms with Crippen molar-refractivity contribution in [2.75, 3.05) is 13.1 Å². The largest absolute Gasteiger partial charge is 0.342 e. The lowest BCUT2D eigenvalue weighted by Gasteiger charge is -2.24. The molecule has 0 aliphatic carbocycles. The van der Waals surface area contributed by atoms with Gasteiger partial charge >= 0.3 is 0 Å². The summed E-state index contributed by atoms with van der Waals surface area (Å²) in [7, 11) is 0. The van der Waals surface area contributed by atoms with Crippen molar-refractivity contribution in [3.63, 3.8) is 0 Å². The van der Waals surface area contributed by atoms with E-state index in [0.29, 0.717) is 48.0 Å². The van der Waals surface area contributed by atoms with Crippen LogP contribution in [0.4, 0.5) is 0 Å². The van der Waals surface area contributed by atoms with E-state index in [1.165, 1.54) is 0 Å². The van der Waals surface area contributed by atoms with Crippen LogP contribution in [0.5, 0.6) is 0 Å². The van der Waals surface area contributed by atoms with Gasteiger partial charge in [0, 0.05) is 36.5 Å². The first-order chi connectivity index (χ1) is 11.8. The average Bonchev–Trinajstić information content (AvgIpc) is 3.00. The first kappa shape index (κ1) is 19.4. The molecule has 1 aromatic heterocycles. The number of benzene rings is 1. The summed E-state index contributed by atoms with van der Waals surface area (Å²) < 4.78 is 5.33. The molecule has 0 fully saturated rings. The van der Waals surface area contributed by atoms with Crippen LogP contribution in [0.2, 0.25) is 5.02 Å². The van der Waals surface area contributed by atoms with Gasteiger partial charge in [-0.2, -0.15) is 4.98 Å². The first-order valence-corrected chi connectivity index (χ1v) is 9.09. The highest BCUT2D eigenvalue weighted by molar-refractivity contribution is 6.30. The van der Waals surface area contributed by atoms with Crippen LogP contribution in [0, 0.1) is 11.8 Å². The number of carbonyl (C=O) groups is 1. The molecule has 2 rings (SSSR count). The van der Waals surface area contributed by atoms with Gasteiger partial charge in [0.2, 0.25) is 17.6 Å². The van der Waals surface area contributed by atoms with Crippen LogP contribution in [0.15, 0.2) is 28.8 Å². The van der Waals surface area contributed by atoms with Crippen molar-refractivity contribution in [2.45, 2.75) is 40.5 Å². The Kier molecular flexibility index (Phi) is 7.00. The van der Waals surface area contributed by atoms with E-state index in [4.69, 9.17) is 16.1 Å². The highest BCUT2D eigenvalue weighted by Gasteiger charge is 2.18. The van der Waals surface area contributed by atoms with Crippen molar-refractivity contribution in [3.05, 3.63) is 35.2 Å². The molecule has 0 atom stereocenters. The summed E-state index contributed by atoms with van der Waals surface area (Å²) in [5.41, 5.74) is 0.856. The number of halogens is 1. The Bertz CT molecular complexity index is 680. The molecule has 5 nitrogen and oxygen atoms in total. The van der Waals surface area contributed by atoms with Crippen LogP contribution in [-0.2, 0) is 11.2 Å². The third-order valence-electron chi connectivity index (χ3n) is 3.69. The van der Waals surface area contributed by atoms with E-state index in [9.17, 15) is 4.79 Å². The summed E-state index contributed by atoms with van der Waals surface area (Å²) in [6, 6.07) is 7.30.